The summed E-state index contributed by atoms with van der Waals surface area (Å²) in [5.41, 5.74) is 8.28. The fourth-order valence-electron chi connectivity index (χ4n) is 3.03. The maximum Gasteiger partial charge on any atom is 0.157 e. The number of fused-ring (bicyclic) bond motifs is 1. The number of nitrogens with zero attached hydrogens (tertiary/aromatic N) is 4. The lowest BCUT2D eigenvalue weighted by Crippen LogP contribution is -2.50. The minimum atomic E-state index is 0.166. The highest BCUT2D eigenvalue weighted by Crippen LogP contribution is 2.27. The topological polar surface area (TPSA) is 59.5 Å². The summed E-state index contributed by atoms with van der Waals surface area (Å²) in [5.74, 6) is 1.12. The Bertz CT molecular complexity index is 574. The molecule has 5 heteroatoms. The molecule has 2 N–H and O–H groups in total. The second-order valence-electron chi connectivity index (χ2n) is 5.54. The van der Waals surface area contributed by atoms with Gasteiger partial charge in [-0.2, -0.15) is 9.61 Å². The summed E-state index contributed by atoms with van der Waals surface area (Å²) in [5, 5.41) is 4.35. The van der Waals surface area contributed by atoms with Crippen molar-refractivity contribution >= 4 is 11.5 Å². The number of nitrogens with two attached hydrogens (primary N) is 1. The van der Waals surface area contributed by atoms with Gasteiger partial charge in [0.1, 0.15) is 12.1 Å². The normalized spacial score (nSPS) is 21.8. The van der Waals surface area contributed by atoms with Crippen molar-refractivity contribution in [3.05, 3.63) is 24.0 Å². The Morgan fingerprint density at radius 2 is 2.21 bits per heavy atom. The van der Waals surface area contributed by atoms with Gasteiger partial charge in [-0.15, -0.1) is 0 Å². The molecule has 0 saturated carbocycles. The molecule has 102 valence electrons. The molecule has 19 heavy (non-hydrogen) atoms. The molecule has 2 aromatic rings. The first-order valence-corrected chi connectivity index (χ1v) is 6.99. The summed E-state index contributed by atoms with van der Waals surface area (Å²) in [6, 6.07) is 4.80. The average Bonchev–Trinajstić information content (AvgIpc) is 2.85. The SMILES string of the molecule is Cc1cc(N2CCCCC2C(C)N)n2ncnc2c1. The van der Waals surface area contributed by atoms with E-state index in [9.17, 15) is 0 Å². The van der Waals surface area contributed by atoms with Crippen LogP contribution >= 0.6 is 0 Å². The molecule has 0 radical (unpaired) electrons. The van der Waals surface area contributed by atoms with E-state index in [4.69, 9.17) is 5.73 Å². The highest BCUT2D eigenvalue weighted by atomic mass is 15.4. The number of anilines is 1. The van der Waals surface area contributed by atoms with Crippen molar-refractivity contribution in [1.29, 1.82) is 0 Å². The Morgan fingerprint density at radius 3 is 3.00 bits per heavy atom. The number of hydrogen-bond donors (Lipinski definition) is 1. The summed E-state index contributed by atoms with van der Waals surface area (Å²) in [7, 11) is 0. The Hall–Kier alpha value is -1.62. The zero-order valence-corrected chi connectivity index (χ0v) is 11.6. The predicted molar refractivity (Wildman–Crippen MR) is 76.4 cm³/mol. The maximum absolute atomic E-state index is 6.17. The van der Waals surface area contributed by atoms with Crippen LogP contribution in [0.1, 0.15) is 31.7 Å². The van der Waals surface area contributed by atoms with Gasteiger partial charge in [0, 0.05) is 18.6 Å². The van der Waals surface area contributed by atoms with Crippen LogP contribution in [0.3, 0.4) is 0 Å². The van der Waals surface area contributed by atoms with Crippen LogP contribution in [0.15, 0.2) is 18.5 Å². The Balaban J connectivity index is 2.08. The molecule has 3 rings (SSSR count). The number of pyridine rings is 1. The number of hydrogen-bond acceptors (Lipinski definition) is 4. The van der Waals surface area contributed by atoms with E-state index in [0.29, 0.717) is 6.04 Å². The number of aromatic nitrogens is 3. The largest absolute Gasteiger partial charge is 0.352 e. The number of rotatable bonds is 2. The number of piperidine rings is 1. The monoisotopic (exact) mass is 259 g/mol. The van der Waals surface area contributed by atoms with Gasteiger partial charge in [0.25, 0.3) is 0 Å². The van der Waals surface area contributed by atoms with Crippen molar-refractivity contribution in [2.45, 2.75) is 45.2 Å². The highest BCUT2D eigenvalue weighted by molar-refractivity contribution is 5.53. The first kappa shape index (κ1) is 12.4. The first-order chi connectivity index (χ1) is 9.16. The van der Waals surface area contributed by atoms with Crippen LogP contribution in [-0.2, 0) is 0 Å². The van der Waals surface area contributed by atoms with E-state index < -0.39 is 0 Å². The van der Waals surface area contributed by atoms with E-state index in [1.807, 2.05) is 4.52 Å². The van der Waals surface area contributed by atoms with Gasteiger partial charge in [0.2, 0.25) is 0 Å². The summed E-state index contributed by atoms with van der Waals surface area (Å²) < 4.78 is 1.92. The van der Waals surface area contributed by atoms with Crippen LogP contribution < -0.4 is 10.6 Å². The van der Waals surface area contributed by atoms with E-state index in [2.05, 4.69) is 41.0 Å². The fourth-order valence-corrected chi connectivity index (χ4v) is 3.03. The van der Waals surface area contributed by atoms with Crippen LogP contribution in [0.5, 0.6) is 0 Å². The second-order valence-corrected chi connectivity index (χ2v) is 5.54. The standard InChI is InChI=1S/C14H21N5/c1-10-7-13-16-9-17-19(13)14(8-10)18-6-4-3-5-12(18)11(2)15/h7-9,11-12H,3-6,15H2,1-2H3. The summed E-state index contributed by atoms with van der Waals surface area (Å²) >= 11 is 0. The predicted octanol–water partition coefficient (Wildman–Crippen LogP) is 1.74. The van der Waals surface area contributed by atoms with Crippen molar-refractivity contribution in [2.75, 3.05) is 11.4 Å². The van der Waals surface area contributed by atoms with Crippen molar-refractivity contribution in [3.8, 4) is 0 Å². The first-order valence-electron chi connectivity index (χ1n) is 6.99. The molecule has 0 bridgehead atoms. The quantitative estimate of drug-likeness (QED) is 0.892. The van der Waals surface area contributed by atoms with Gasteiger partial charge in [0.05, 0.1) is 0 Å². The summed E-state index contributed by atoms with van der Waals surface area (Å²) in [4.78, 5) is 6.70. The van der Waals surface area contributed by atoms with E-state index in [-0.39, 0.29) is 6.04 Å². The molecule has 0 amide bonds. The third-order valence-corrected chi connectivity index (χ3v) is 3.96. The van der Waals surface area contributed by atoms with Crippen LogP contribution in [-0.4, -0.2) is 33.2 Å². The molecule has 1 aliphatic heterocycles. The minimum absolute atomic E-state index is 0.166. The number of aryl methyl sites for hydroxylation is 1. The van der Waals surface area contributed by atoms with Gasteiger partial charge in [-0.3, -0.25) is 0 Å². The van der Waals surface area contributed by atoms with Crippen LogP contribution in [0.2, 0.25) is 0 Å². The van der Waals surface area contributed by atoms with E-state index >= 15 is 0 Å². The van der Waals surface area contributed by atoms with Gasteiger partial charge in [0.15, 0.2) is 5.65 Å². The van der Waals surface area contributed by atoms with Gasteiger partial charge < -0.3 is 10.6 Å². The lowest BCUT2D eigenvalue weighted by Gasteiger charge is -2.39. The van der Waals surface area contributed by atoms with E-state index in [1.54, 1.807) is 6.33 Å². The Labute approximate surface area is 113 Å². The van der Waals surface area contributed by atoms with Crippen molar-refractivity contribution in [3.63, 3.8) is 0 Å². The zero-order valence-electron chi connectivity index (χ0n) is 11.6. The molecule has 1 aliphatic rings. The molecule has 0 spiro atoms. The molecule has 2 aromatic heterocycles. The summed E-state index contributed by atoms with van der Waals surface area (Å²) in [6.07, 6.45) is 5.24. The van der Waals surface area contributed by atoms with Gasteiger partial charge in [-0.05, 0) is 50.8 Å². The lowest BCUT2D eigenvalue weighted by atomic mass is 9.97. The highest BCUT2D eigenvalue weighted by Gasteiger charge is 2.27. The van der Waals surface area contributed by atoms with E-state index in [1.165, 1.54) is 18.4 Å². The zero-order chi connectivity index (χ0) is 13.4. The Kier molecular flexibility index (Phi) is 3.14. The van der Waals surface area contributed by atoms with Gasteiger partial charge in [-0.25, -0.2) is 4.98 Å². The third-order valence-electron chi connectivity index (χ3n) is 3.96. The molecule has 0 aromatic carbocycles. The van der Waals surface area contributed by atoms with Crippen LogP contribution in [0, 0.1) is 6.92 Å². The van der Waals surface area contributed by atoms with Crippen LogP contribution in [0.25, 0.3) is 5.65 Å². The molecule has 2 atom stereocenters. The van der Waals surface area contributed by atoms with Gasteiger partial charge >= 0.3 is 0 Å². The molecule has 1 fully saturated rings. The Morgan fingerprint density at radius 1 is 1.37 bits per heavy atom. The van der Waals surface area contributed by atoms with Gasteiger partial charge in [-0.1, -0.05) is 0 Å². The molecule has 2 unspecified atom stereocenters. The van der Waals surface area contributed by atoms with Crippen LogP contribution in [0.4, 0.5) is 5.82 Å². The lowest BCUT2D eigenvalue weighted by molar-refractivity contribution is 0.409. The molecule has 0 aliphatic carbocycles. The van der Waals surface area contributed by atoms with E-state index in [0.717, 1.165) is 24.4 Å². The van der Waals surface area contributed by atoms with Crippen molar-refractivity contribution < 1.29 is 0 Å². The minimum Gasteiger partial charge on any atom is -0.352 e. The van der Waals surface area contributed by atoms with Crippen molar-refractivity contribution in [1.82, 2.24) is 14.6 Å². The molecule has 5 nitrogen and oxygen atoms in total. The molecule has 3 heterocycles. The third kappa shape index (κ3) is 2.18. The molecule has 1 saturated heterocycles. The smallest absolute Gasteiger partial charge is 0.157 e. The van der Waals surface area contributed by atoms with Crippen molar-refractivity contribution in [2.24, 2.45) is 5.73 Å². The average molecular weight is 259 g/mol. The maximum atomic E-state index is 6.17. The summed E-state index contributed by atoms with van der Waals surface area (Å²) in [6.45, 7) is 5.24. The fraction of sp³-hybridized carbons (Fsp3) is 0.571. The molecular weight excluding hydrogens is 238 g/mol. The second kappa shape index (κ2) is 4.81. The molecular formula is C14H21N5.